The van der Waals surface area contributed by atoms with Crippen molar-refractivity contribution < 1.29 is 28.6 Å². The maximum Gasteiger partial charge on any atom is 0.306 e. The first-order chi connectivity index (χ1) is 33.5. The predicted molar refractivity (Wildman–Crippen MR) is 293 cm³/mol. The van der Waals surface area contributed by atoms with E-state index in [2.05, 4.69) is 81.5 Å². The summed E-state index contributed by atoms with van der Waals surface area (Å²) in [7, 11) is 0. The van der Waals surface area contributed by atoms with Gasteiger partial charge >= 0.3 is 17.9 Å². The summed E-state index contributed by atoms with van der Waals surface area (Å²) in [6.07, 6.45) is 70.7. The number of carbonyl (C=O) groups excluding carboxylic acids is 3. The molecule has 0 radical (unpaired) electrons. The van der Waals surface area contributed by atoms with Gasteiger partial charge in [0.1, 0.15) is 13.2 Å². The molecule has 0 aromatic heterocycles. The van der Waals surface area contributed by atoms with Crippen molar-refractivity contribution in [2.75, 3.05) is 13.2 Å². The smallest absolute Gasteiger partial charge is 0.306 e. The fourth-order valence-electron chi connectivity index (χ4n) is 8.33. The third-order valence-electron chi connectivity index (χ3n) is 12.8. The highest BCUT2D eigenvalue weighted by atomic mass is 16.6. The van der Waals surface area contributed by atoms with Crippen molar-refractivity contribution in [3.8, 4) is 0 Å². The van der Waals surface area contributed by atoms with Crippen LogP contribution in [0.25, 0.3) is 0 Å². The molecular weight excluding hydrogens is 841 g/mol. The molecule has 1 atom stereocenters. The Bertz CT molecular complexity index is 1230. The summed E-state index contributed by atoms with van der Waals surface area (Å²) >= 11 is 0. The molecule has 0 spiro atoms. The lowest BCUT2D eigenvalue weighted by molar-refractivity contribution is -0.167. The van der Waals surface area contributed by atoms with Crippen molar-refractivity contribution in [3.63, 3.8) is 0 Å². The van der Waals surface area contributed by atoms with Crippen LogP contribution in [0.15, 0.2) is 60.8 Å². The highest BCUT2D eigenvalue weighted by Gasteiger charge is 2.19. The van der Waals surface area contributed by atoms with Gasteiger partial charge in [0.2, 0.25) is 0 Å². The Morgan fingerprint density at radius 2 is 0.588 bits per heavy atom. The maximum atomic E-state index is 12.8. The number of ether oxygens (including phenoxy) is 3. The number of allylic oxidation sites excluding steroid dienone is 10. The molecule has 6 nitrogen and oxygen atoms in total. The molecule has 0 rings (SSSR count). The van der Waals surface area contributed by atoms with Crippen molar-refractivity contribution >= 4 is 17.9 Å². The van der Waals surface area contributed by atoms with E-state index >= 15 is 0 Å². The summed E-state index contributed by atoms with van der Waals surface area (Å²) in [5, 5.41) is 0. The van der Waals surface area contributed by atoms with Crippen LogP contribution in [0.5, 0.6) is 0 Å². The molecule has 0 saturated heterocycles. The number of hydrogen-bond donors (Lipinski definition) is 0. The zero-order chi connectivity index (χ0) is 49.3. The van der Waals surface area contributed by atoms with E-state index in [0.29, 0.717) is 19.3 Å². The van der Waals surface area contributed by atoms with E-state index in [9.17, 15) is 14.4 Å². The van der Waals surface area contributed by atoms with Crippen molar-refractivity contribution in [2.24, 2.45) is 0 Å². The van der Waals surface area contributed by atoms with Gasteiger partial charge in [0.25, 0.3) is 0 Å². The molecular formula is C62H110O6. The number of rotatable bonds is 53. The third kappa shape index (κ3) is 54.1. The first-order valence-corrected chi connectivity index (χ1v) is 29.3. The summed E-state index contributed by atoms with van der Waals surface area (Å²) in [6, 6.07) is 0. The van der Waals surface area contributed by atoms with Gasteiger partial charge in [0.05, 0.1) is 0 Å². The van der Waals surface area contributed by atoms with Gasteiger partial charge in [-0.3, -0.25) is 14.4 Å². The summed E-state index contributed by atoms with van der Waals surface area (Å²) in [4.78, 5) is 38.1. The van der Waals surface area contributed by atoms with Gasteiger partial charge in [-0.2, -0.15) is 0 Å². The average Bonchev–Trinajstić information content (AvgIpc) is 3.34. The quantitative estimate of drug-likeness (QED) is 0.0199. The minimum atomic E-state index is -0.804. The number of unbranched alkanes of at least 4 members (excludes halogenated alkanes) is 33. The Labute approximate surface area is 421 Å². The van der Waals surface area contributed by atoms with Crippen molar-refractivity contribution in [3.05, 3.63) is 60.8 Å². The second-order valence-electron chi connectivity index (χ2n) is 19.6. The van der Waals surface area contributed by atoms with Gasteiger partial charge in [-0.1, -0.05) is 261 Å². The van der Waals surface area contributed by atoms with Crippen LogP contribution < -0.4 is 0 Å². The third-order valence-corrected chi connectivity index (χ3v) is 12.8. The largest absolute Gasteiger partial charge is 0.462 e. The van der Waals surface area contributed by atoms with E-state index < -0.39 is 6.10 Å². The van der Waals surface area contributed by atoms with Gasteiger partial charge in [0, 0.05) is 19.3 Å². The number of carbonyl (C=O) groups is 3. The molecule has 0 bridgehead atoms. The summed E-state index contributed by atoms with van der Waals surface area (Å²) < 4.78 is 16.8. The Kier molecular flexibility index (Phi) is 54.3. The molecule has 68 heavy (non-hydrogen) atoms. The van der Waals surface area contributed by atoms with Gasteiger partial charge in [-0.15, -0.1) is 0 Å². The Morgan fingerprint density at radius 3 is 0.985 bits per heavy atom. The molecule has 0 saturated carbocycles. The lowest BCUT2D eigenvalue weighted by Gasteiger charge is -2.18. The maximum absolute atomic E-state index is 12.8. The van der Waals surface area contributed by atoms with Crippen LogP contribution in [0.2, 0.25) is 0 Å². The molecule has 0 aromatic carbocycles. The highest BCUT2D eigenvalue weighted by Crippen LogP contribution is 2.16. The lowest BCUT2D eigenvalue weighted by Crippen LogP contribution is -2.30. The normalized spacial score (nSPS) is 12.5. The second kappa shape index (κ2) is 56.7. The molecule has 0 aliphatic carbocycles. The molecule has 0 aliphatic rings. The van der Waals surface area contributed by atoms with Crippen LogP contribution in [0.4, 0.5) is 0 Å². The Morgan fingerprint density at radius 1 is 0.309 bits per heavy atom. The van der Waals surface area contributed by atoms with Crippen molar-refractivity contribution in [2.45, 2.75) is 303 Å². The SMILES string of the molecule is CCCCC/C=C\C=C/CCCCCCCCC(=O)OCC(COC(=O)CCCCCCCCCCCCCCCCCCCC)OC(=O)CCC/C=C\C/C=C\C/C=C\CCCCCCCC. The standard InChI is InChI=1S/C62H110O6/c1-4-7-10-13-16-19-22-25-28-30-32-34-37-40-43-46-49-52-55-61(64)67-58-59(57-66-60(63)54-51-48-45-42-39-36-33-27-24-21-18-15-12-9-6-3)68-62(65)56-53-50-47-44-41-38-35-31-29-26-23-20-17-14-11-8-5-2/h18,21,24,26-27,29,35,38,44,47,59H,4-17,19-20,22-23,25,28,30-34,36-37,39-43,45-46,48-58H2,1-3H3/b21-18-,27-24-,29-26-,38-35-,47-44-. The fraction of sp³-hybridized carbons (Fsp3) is 0.790. The second-order valence-corrected chi connectivity index (χ2v) is 19.6. The van der Waals surface area contributed by atoms with E-state index in [0.717, 1.165) is 64.2 Å². The van der Waals surface area contributed by atoms with Crippen molar-refractivity contribution in [1.29, 1.82) is 0 Å². The number of hydrogen-bond acceptors (Lipinski definition) is 6. The molecule has 0 aromatic rings. The molecule has 0 heterocycles. The first kappa shape index (κ1) is 65.1. The van der Waals surface area contributed by atoms with Crippen LogP contribution in [0.3, 0.4) is 0 Å². The Hall–Kier alpha value is -2.89. The summed E-state index contributed by atoms with van der Waals surface area (Å²) in [5.74, 6) is -0.948. The van der Waals surface area contributed by atoms with E-state index in [1.54, 1.807) is 0 Å². The van der Waals surface area contributed by atoms with Crippen LogP contribution >= 0.6 is 0 Å². The van der Waals surface area contributed by atoms with E-state index in [4.69, 9.17) is 14.2 Å². The van der Waals surface area contributed by atoms with Gasteiger partial charge in [-0.25, -0.2) is 0 Å². The van der Waals surface area contributed by atoms with Gasteiger partial charge in [0.15, 0.2) is 6.10 Å². The first-order valence-electron chi connectivity index (χ1n) is 29.3. The monoisotopic (exact) mass is 951 g/mol. The van der Waals surface area contributed by atoms with Crippen LogP contribution in [-0.2, 0) is 28.6 Å². The number of esters is 3. The predicted octanol–water partition coefficient (Wildman–Crippen LogP) is 19.6. The lowest BCUT2D eigenvalue weighted by atomic mass is 10.0. The van der Waals surface area contributed by atoms with Crippen LogP contribution in [-0.4, -0.2) is 37.2 Å². The van der Waals surface area contributed by atoms with E-state index in [1.807, 2.05) is 0 Å². The van der Waals surface area contributed by atoms with Crippen molar-refractivity contribution in [1.82, 2.24) is 0 Å². The van der Waals surface area contributed by atoms with E-state index in [1.165, 1.54) is 186 Å². The van der Waals surface area contributed by atoms with Gasteiger partial charge < -0.3 is 14.2 Å². The van der Waals surface area contributed by atoms with Gasteiger partial charge in [-0.05, 0) is 77.0 Å². The molecule has 0 aliphatic heterocycles. The minimum absolute atomic E-state index is 0.0954. The molecule has 6 heteroatoms. The highest BCUT2D eigenvalue weighted by molar-refractivity contribution is 5.71. The topological polar surface area (TPSA) is 78.9 Å². The molecule has 0 fully saturated rings. The van der Waals surface area contributed by atoms with Crippen LogP contribution in [0.1, 0.15) is 297 Å². The molecule has 0 N–H and O–H groups in total. The average molecular weight is 952 g/mol. The minimum Gasteiger partial charge on any atom is -0.462 e. The fourth-order valence-corrected chi connectivity index (χ4v) is 8.33. The van der Waals surface area contributed by atoms with E-state index in [-0.39, 0.29) is 37.5 Å². The Balaban J connectivity index is 4.43. The summed E-state index contributed by atoms with van der Waals surface area (Å²) in [5.41, 5.74) is 0. The van der Waals surface area contributed by atoms with Crippen LogP contribution in [0, 0.1) is 0 Å². The molecule has 0 amide bonds. The summed E-state index contributed by atoms with van der Waals surface area (Å²) in [6.45, 7) is 6.58. The molecule has 394 valence electrons. The zero-order valence-corrected chi connectivity index (χ0v) is 45.1. The molecule has 1 unspecified atom stereocenters. The zero-order valence-electron chi connectivity index (χ0n) is 45.1.